The predicted molar refractivity (Wildman–Crippen MR) is 133 cm³/mol. The number of nitrogens with one attached hydrogen (secondary N) is 2. The lowest BCUT2D eigenvalue weighted by Gasteiger charge is -2.30. The molecule has 0 bridgehead atoms. The molecule has 1 aromatic rings. The largest absolute Gasteiger partial charge is 0.482 e. The number of fused-ring (bicyclic) bond motifs is 1. The summed E-state index contributed by atoms with van der Waals surface area (Å²) in [5, 5.41) is 16.1. The second-order valence-corrected chi connectivity index (χ2v) is 7.46. The maximum atomic E-state index is 12.3. The maximum Gasteiger partial charge on any atom is 0.265 e. The fraction of sp³-hybridized carbons (Fsp3) is 0.636. The molecule has 2 rings (SSSR count). The van der Waals surface area contributed by atoms with E-state index in [0.29, 0.717) is 19.6 Å². The highest BCUT2D eigenvalue weighted by Crippen LogP contribution is 2.32. The number of anilines is 1. The van der Waals surface area contributed by atoms with Gasteiger partial charge >= 0.3 is 0 Å². The van der Waals surface area contributed by atoms with Crippen molar-refractivity contribution in [2.45, 2.75) is 46.5 Å². The Morgan fingerprint density at radius 3 is 2.63 bits per heavy atom. The maximum absolute atomic E-state index is 12.3. The third-order valence-corrected chi connectivity index (χ3v) is 5.72. The van der Waals surface area contributed by atoms with Gasteiger partial charge < -0.3 is 25.4 Å². The Balaban J connectivity index is 0.00000450. The van der Waals surface area contributed by atoms with Crippen LogP contribution in [0.3, 0.4) is 0 Å². The van der Waals surface area contributed by atoms with Crippen LogP contribution in [-0.2, 0) is 4.79 Å². The number of carbonyl (C=O) groups excluding carboxylic acids is 1. The number of aliphatic hydroxyl groups is 1. The number of ether oxygens (including phenoxy) is 1. The molecule has 8 heteroatoms. The van der Waals surface area contributed by atoms with E-state index in [0.717, 1.165) is 49.6 Å². The van der Waals surface area contributed by atoms with Crippen molar-refractivity contribution >= 4 is 41.5 Å². The molecule has 7 nitrogen and oxygen atoms in total. The quantitative estimate of drug-likeness (QED) is 0.177. The molecule has 1 aromatic carbocycles. The van der Waals surface area contributed by atoms with Crippen molar-refractivity contribution in [1.82, 2.24) is 10.6 Å². The Hall–Kier alpha value is -1.55. The number of amides is 1. The van der Waals surface area contributed by atoms with E-state index in [4.69, 9.17) is 9.73 Å². The van der Waals surface area contributed by atoms with Gasteiger partial charge in [-0.15, -0.1) is 24.0 Å². The minimum Gasteiger partial charge on any atom is -0.482 e. The van der Waals surface area contributed by atoms with Crippen LogP contribution < -0.4 is 20.3 Å². The Labute approximate surface area is 197 Å². The Kier molecular flexibility index (Phi) is 12.1. The molecule has 3 N–H and O–H groups in total. The second-order valence-electron chi connectivity index (χ2n) is 7.46. The number of aliphatic imine (C=N–C) groups is 1. The summed E-state index contributed by atoms with van der Waals surface area (Å²) in [6.45, 7) is 9.46. The highest BCUT2D eigenvalue weighted by molar-refractivity contribution is 14.0. The van der Waals surface area contributed by atoms with Crippen molar-refractivity contribution in [3.05, 3.63) is 24.3 Å². The number of para-hydroxylation sites is 2. The first-order valence-electron chi connectivity index (χ1n) is 10.7. The first-order valence-corrected chi connectivity index (χ1v) is 10.7. The van der Waals surface area contributed by atoms with Crippen LogP contribution in [0.5, 0.6) is 5.75 Å². The molecule has 0 unspecified atom stereocenters. The summed E-state index contributed by atoms with van der Waals surface area (Å²) in [6, 6.07) is 7.64. The molecule has 0 atom stereocenters. The van der Waals surface area contributed by atoms with Crippen molar-refractivity contribution < 1.29 is 14.6 Å². The fourth-order valence-corrected chi connectivity index (χ4v) is 3.57. The van der Waals surface area contributed by atoms with Gasteiger partial charge in [0, 0.05) is 32.8 Å². The molecule has 0 fully saturated rings. The van der Waals surface area contributed by atoms with Gasteiger partial charge in [-0.2, -0.15) is 0 Å². The van der Waals surface area contributed by atoms with Crippen LogP contribution in [-0.4, -0.2) is 56.4 Å². The summed E-state index contributed by atoms with van der Waals surface area (Å²) < 4.78 is 5.49. The van der Waals surface area contributed by atoms with Crippen molar-refractivity contribution in [3.8, 4) is 5.75 Å². The monoisotopic (exact) mass is 532 g/mol. The van der Waals surface area contributed by atoms with Crippen LogP contribution >= 0.6 is 24.0 Å². The van der Waals surface area contributed by atoms with Crippen LogP contribution in [0.2, 0.25) is 0 Å². The van der Waals surface area contributed by atoms with E-state index < -0.39 is 0 Å². The molecular weight excluding hydrogens is 495 g/mol. The highest BCUT2D eigenvalue weighted by atomic mass is 127. The van der Waals surface area contributed by atoms with Crippen LogP contribution in [0.25, 0.3) is 0 Å². The van der Waals surface area contributed by atoms with Crippen molar-refractivity contribution in [1.29, 1.82) is 0 Å². The molecule has 1 amide bonds. The number of guanidine groups is 1. The average Bonchev–Trinajstić information content (AvgIpc) is 2.75. The number of halogens is 1. The Morgan fingerprint density at radius 1 is 1.23 bits per heavy atom. The summed E-state index contributed by atoms with van der Waals surface area (Å²) in [4.78, 5) is 18.8. The summed E-state index contributed by atoms with van der Waals surface area (Å²) in [5.41, 5.74) is 0.880. The minimum absolute atomic E-state index is 0. The zero-order chi connectivity index (χ0) is 21.1. The summed E-state index contributed by atoms with van der Waals surface area (Å²) in [6.07, 6.45) is 3.55. The molecule has 0 radical (unpaired) electrons. The molecule has 1 heterocycles. The van der Waals surface area contributed by atoms with E-state index in [9.17, 15) is 9.90 Å². The van der Waals surface area contributed by atoms with E-state index in [1.54, 1.807) is 4.90 Å². The first kappa shape index (κ1) is 26.5. The smallest absolute Gasteiger partial charge is 0.265 e. The number of carbonyl (C=O) groups is 1. The fourth-order valence-electron chi connectivity index (χ4n) is 3.57. The van der Waals surface area contributed by atoms with Gasteiger partial charge in [0.2, 0.25) is 0 Å². The standard InChI is InChI=1S/C22H36N4O3.HI/c1-4-22(5-2,12-15-27)17-25-21(23-6-3)24-13-9-14-26-18-10-7-8-11-19(18)29-16-20(26)28;/h7-8,10-11,27H,4-6,9,12-17H2,1-3H3,(H2,23,24,25);1H. The summed E-state index contributed by atoms with van der Waals surface area (Å²) in [5.74, 6) is 1.53. The lowest BCUT2D eigenvalue weighted by atomic mass is 9.79. The number of hydrogen-bond donors (Lipinski definition) is 3. The van der Waals surface area contributed by atoms with E-state index in [2.05, 4.69) is 24.5 Å². The first-order chi connectivity index (χ1) is 14.1. The normalized spacial score (nSPS) is 13.9. The zero-order valence-electron chi connectivity index (χ0n) is 18.4. The minimum atomic E-state index is -0.0102. The van der Waals surface area contributed by atoms with Crippen molar-refractivity contribution in [3.63, 3.8) is 0 Å². The molecule has 0 saturated carbocycles. The number of nitrogens with zero attached hydrogens (tertiary/aromatic N) is 2. The molecule has 1 aliphatic rings. The molecule has 0 aliphatic carbocycles. The third-order valence-electron chi connectivity index (χ3n) is 5.72. The van der Waals surface area contributed by atoms with Gasteiger partial charge in [-0.25, -0.2) is 0 Å². The van der Waals surface area contributed by atoms with Gasteiger partial charge in [0.05, 0.1) is 5.69 Å². The number of hydrogen-bond acceptors (Lipinski definition) is 4. The van der Waals surface area contributed by atoms with Crippen molar-refractivity contribution in [2.24, 2.45) is 10.4 Å². The molecule has 0 aromatic heterocycles. The average molecular weight is 532 g/mol. The van der Waals surface area contributed by atoms with Crippen LogP contribution in [0.15, 0.2) is 29.3 Å². The Bertz CT molecular complexity index is 680. The zero-order valence-corrected chi connectivity index (χ0v) is 20.8. The molecule has 30 heavy (non-hydrogen) atoms. The van der Waals surface area contributed by atoms with Crippen LogP contribution in [0.4, 0.5) is 5.69 Å². The molecule has 170 valence electrons. The van der Waals surface area contributed by atoms with E-state index in [1.807, 2.05) is 31.2 Å². The van der Waals surface area contributed by atoms with Crippen LogP contribution in [0, 0.1) is 5.41 Å². The highest BCUT2D eigenvalue weighted by Gasteiger charge is 2.26. The topological polar surface area (TPSA) is 86.2 Å². The van der Waals surface area contributed by atoms with Gasteiger partial charge in [-0.05, 0) is 50.2 Å². The summed E-state index contributed by atoms with van der Waals surface area (Å²) >= 11 is 0. The van der Waals surface area contributed by atoms with Gasteiger partial charge in [0.15, 0.2) is 12.6 Å². The van der Waals surface area contributed by atoms with Crippen molar-refractivity contribution in [2.75, 3.05) is 44.3 Å². The Morgan fingerprint density at radius 2 is 1.97 bits per heavy atom. The predicted octanol–water partition coefficient (Wildman–Crippen LogP) is 3.16. The SMILES string of the molecule is CCNC(=NCC(CC)(CC)CCO)NCCCN1C(=O)COc2ccccc21.I. The lowest BCUT2D eigenvalue weighted by molar-refractivity contribution is -0.121. The molecule has 0 saturated heterocycles. The van der Waals surface area contributed by atoms with Crippen LogP contribution in [0.1, 0.15) is 46.5 Å². The number of aliphatic hydroxyl groups excluding tert-OH is 1. The molecular formula is C22H37IN4O3. The molecule has 1 aliphatic heterocycles. The van der Waals surface area contributed by atoms with Gasteiger partial charge in [-0.3, -0.25) is 9.79 Å². The van der Waals surface area contributed by atoms with E-state index >= 15 is 0 Å². The number of rotatable bonds is 11. The number of benzene rings is 1. The lowest BCUT2D eigenvalue weighted by Crippen LogP contribution is -2.42. The second kappa shape index (κ2) is 13.7. The third kappa shape index (κ3) is 7.30. The van der Waals surface area contributed by atoms with E-state index in [-0.39, 0.29) is 48.5 Å². The van der Waals surface area contributed by atoms with Gasteiger partial charge in [0.1, 0.15) is 5.75 Å². The van der Waals surface area contributed by atoms with Gasteiger partial charge in [0.25, 0.3) is 5.91 Å². The summed E-state index contributed by atoms with van der Waals surface area (Å²) in [7, 11) is 0. The molecule has 0 spiro atoms. The van der Waals surface area contributed by atoms with E-state index in [1.165, 1.54) is 0 Å². The van der Waals surface area contributed by atoms with Gasteiger partial charge in [-0.1, -0.05) is 26.0 Å².